The van der Waals surface area contributed by atoms with Crippen LogP contribution in [0.5, 0.6) is 5.75 Å². The standard InChI is InChI=1S/C26H27N3O3/c1-26(2,3)28-25(31)24-21-12-6-7-13-22(21)32-17-23(30)29(24)16-19-9-4-5-11-20(19)18-10-8-14-27-15-18/h4-15,24H,16-17H2,1-3H3,(H,28,31). The molecule has 1 aromatic heterocycles. The molecule has 32 heavy (non-hydrogen) atoms. The SMILES string of the molecule is CC(C)(C)NC(=O)C1c2ccccc2OCC(=O)N1Cc1ccccc1-c1cccnc1. The molecule has 2 heterocycles. The number of hydrogen-bond acceptors (Lipinski definition) is 4. The Balaban J connectivity index is 1.78. The molecule has 0 saturated carbocycles. The largest absolute Gasteiger partial charge is 0.483 e. The minimum atomic E-state index is -0.803. The van der Waals surface area contributed by atoms with Gasteiger partial charge in [0.15, 0.2) is 6.61 Å². The first-order valence-corrected chi connectivity index (χ1v) is 10.6. The van der Waals surface area contributed by atoms with E-state index in [0.29, 0.717) is 11.3 Å². The minimum absolute atomic E-state index is 0.120. The van der Waals surface area contributed by atoms with Gasteiger partial charge in [0.25, 0.3) is 5.91 Å². The zero-order valence-electron chi connectivity index (χ0n) is 18.5. The van der Waals surface area contributed by atoms with Gasteiger partial charge in [0.2, 0.25) is 5.91 Å². The second-order valence-corrected chi connectivity index (χ2v) is 8.89. The van der Waals surface area contributed by atoms with Gasteiger partial charge in [-0.1, -0.05) is 48.5 Å². The minimum Gasteiger partial charge on any atom is -0.483 e. The van der Waals surface area contributed by atoms with E-state index in [0.717, 1.165) is 16.7 Å². The van der Waals surface area contributed by atoms with Crippen molar-refractivity contribution in [3.05, 3.63) is 84.2 Å². The highest BCUT2D eigenvalue weighted by Crippen LogP contribution is 2.35. The first-order valence-electron chi connectivity index (χ1n) is 10.6. The third-order valence-electron chi connectivity index (χ3n) is 5.27. The highest BCUT2D eigenvalue weighted by atomic mass is 16.5. The summed E-state index contributed by atoms with van der Waals surface area (Å²) in [5.74, 6) is 0.0804. The van der Waals surface area contributed by atoms with Crippen LogP contribution in [0.4, 0.5) is 0 Å². The van der Waals surface area contributed by atoms with Crippen LogP contribution in [-0.4, -0.2) is 33.8 Å². The molecule has 6 heteroatoms. The molecule has 1 N–H and O–H groups in total. The highest BCUT2D eigenvalue weighted by molar-refractivity contribution is 5.91. The highest BCUT2D eigenvalue weighted by Gasteiger charge is 2.37. The molecular formula is C26H27N3O3. The Kier molecular flexibility index (Phi) is 5.95. The Morgan fingerprint density at radius 1 is 1.09 bits per heavy atom. The molecule has 0 fully saturated rings. The van der Waals surface area contributed by atoms with Crippen molar-refractivity contribution < 1.29 is 14.3 Å². The van der Waals surface area contributed by atoms with E-state index in [1.54, 1.807) is 23.4 Å². The van der Waals surface area contributed by atoms with Crippen LogP contribution in [0.2, 0.25) is 0 Å². The lowest BCUT2D eigenvalue weighted by atomic mass is 9.97. The number of amides is 2. The molecule has 1 atom stereocenters. The van der Waals surface area contributed by atoms with Crippen molar-refractivity contribution in [3.63, 3.8) is 0 Å². The monoisotopic (exact) mass is 429 g/mol. The Morgan fingerprint density at radius 2 is 1.84 bits per heavy atom. The normalized spacial score (nSPS) is 16.0. The average Bonchev–Trinajstić information content (AvgIpc) is 2.90. The number of hydrogen-bond donors (Lipinski definition) is 1. The lowest BCUT2D eigenvalue weighted by molar-refractivity contribution is -0.142. The fraction of sp³-hybridized carbons (Fsp3) is 0.269. The number of carbonyl (C=O) groups is 2. The van der Waals surface area contributed by atoms with Gasteiger partial charge >= 0.3 is 0 Å². The maximum atomic E-state index is 13.5. The summed E-state index contributed by atoms with van der Waals surface area (Å²) in [5.41, 5.74) is 3.10. The molecule has 0 radical (unpaired) electrons. The summed E-state index contributed by atoms with van der Waals surface area (Å²) in [7, 11) is 0. The number of rotatable bonds is 4. The first-order chi connectivity index (χ1) is 15.3. The number of nitrogens with zero attached hydrogens (tertiary/aromatic N) is 2. The number of nitrogens with one attached hydrogen (secondary N) is 1. The zero-order valence-corrected chi connectivity index (χ0v) is 18.5. The lowest BCUT2D eigenvalue weighted by Crippen LogP contribution is -2.49. The van der Waals surface area contributed by atoms with Crippen LogP contribution in [0.15, 0.2) is 73.1 Å². The van der Waals surface area contributed by atoms with Crippen LogP contribution in [0.3, 0.4) is 0 Å². The van der Waals surface area contributed by atoms with Crippen LogP contribution >= 0.6 is 0 Å². The fourth-order valence-electron chi connectivity index (χ4n) is 3.92. The van der Waals surface area contributed by atoms with Gasteiger partial charge in [0.1, 0.15) is 11.8 Å². The second-order valence-electron chi connectivity index (χ2n) is 8.89. The molecule has 6 nitrogen and oxygen atoms in total. The number of aromatic nitrogens is 1. The molecule has 3 aromatic rings. The van der Waals surface area contributed by atoms with Crippen molar-refractivity contribution in [2.24, 2.45) is 0 Å². The van der Waals surface area contributed by atoms with E-state index in [4.69, 9.17) is 4.74 Å². The Hall–Kier alpha value is -3.67. The molecule has 0 spiro atoms. The van der Waals surface area contributed by atoms with Crippen molar-refractivity contribution in [2.75, 3.05) is 6.61 Å². The van der Waals surface area contributed by atoms with Gasteiger partial charge in [-0.25, -0.2) is 0 Å². The third kappa shape index (κ3) is 4.64. The van der Waals surface area contributed by atoms with Crippen LogP contribution in [0, 0.1) is 0 Å². The molecule has 1 unspecified atom stereocenters. The maximum absolute atomic E-state index is 13.5. The van der Waals surface area contributed by atoms with E-state index < -0.39 is 11.6 Å². The number of ether oxygens (including phenoxy) is 1. The number of fused-ring (bicyclic) bond motifs is 1. The van der Waals surface area contributed by atoms with Gasteiger partial charge in [-0.3, -0.25) is 14.6 Å². The molecule has 0 aliphatic carbocycles. The molecule has 2 amide bonds. The summed E-state index contributed by atoms with van der Waals surface area (Å²) in [6.45, 7) is 5.92. The van der Waals surface area contributed by atoms with Crippen molar-refractivity contribution in [1.29, 1.82) is 0 Å². The van der Waals surface area contributed by atoms with E-state index in [2.05, 4.69) is 10.3 Å². The summed E-state index contributed by atoms with van der Waals surface area (Å²) in [4.78, 5) is 32.5. The predicted molar refractivity (Wildman–Crippen MR) is 123 cm³/mol. The fourth-order valence-corrected chi connectivity index (χ4v) is 3.92. The summed E-state index contributed by atoms with van der Waals surface area (Å²) in [6.07, 6.45) is 3.52. The summed E-state index contributed by atoms with van der Waals surface area (Å²) >= 11 is 0. The van der Waals surface area contributed by atoms with E-state index in [-0.39, 0.29) is 25.0 Å². The van der Waals surface area contributed by atoms with Crippen LogP contribution < -0.4 is 10.1 Å². The maximum Gasteiger partial charge on any atom is 0.261 e. The quantitative estimate of drug-likeness (QED) is 0.677. The third-order valence-corrected chi connectivity index (χ3v) is 5.27. The second kappa shape index (κ2) is 8.83. The number of para-hydroxylation sites is 1. The van der Waals surface area contributed by atoms with E-state index in [9.17, 15) is 9.59 Å². The van der Waals surface area contributed by atoms with Crippen LogP contribution in [-0.2, 0) is 16.1 Å². The first kappa shape index (κ1) is 21.6. The molecule has 2 aromatic carbocycles. The summed E-state index contributed by atoms with van der Waals surface area (Å²) < 4.78 is 5.77. The molecular weight excluding hydrogens is 402 g/mol. The van der Waals surface area contributed by atoms with Crippen molar-refractivity contribution in [2.45, 2.75) is 38.9 Å². The van der Waals surface area contributed by atoms with E-state index in [1.807, 2.05) is 75.4 Å². The molecule has 1 aliphatic heterocycles. The molecule has 164 valence electrons. The lowest BCUT2D eigenvalue weighted by Gasteiger charge is -2.32. The molecule has 1 aliphatic rings. The van der Waals surface area contributed by atoms with Crippen molar-refractivity contribution >= 4 is 11.8 Å². The summed E-state index contributed by atoms with van der Waals surface area (Å²) in [5, 5.41) is 3.04. The number of carbonyl (C=O) groups excluding carboxylic acids is 2. The predicted octanol–water partition coefficient (Wildman–Crippen LogP) is 4.13. The van der Waals surface area contributed by atoms with Gasteiger partial charge in [-0.05, 0) is 44.0 Å². The van der Waals surface area contributed by atoms with Crippen molar-refractivity contribution in [3.8, 4) is 16.9 Å². The van der Waals surface area contributed by atoms with Gasteiger partial charge < -0.3 is 15.0 Å². The number of benzene rings is 2. The Morgan fingerprint density at radius 3 is 2.59 bits per heavy atom. The van der Waals surface area contributed by atoms with Crippen LogP contribution in [0.25, 0.3) is 11.1 Å². The number of pyridine rings is 1. The molecule has 4 rings (SSSR count). The van der Waals surface area contributed by atoms with Gasteiger partial charge in [-0.2, -0.15) is 0 Å². The Bertz CT molecular complexity index is 1120. The van der Waals surface area contributed by atoms with Gasteiger partial charge in [0, 0.05) is 35.6 Å². The van der Waals surface area contributed by atoms with Gasteiger partial charge in [-0.15, -0.1) is 0 Å². The van der Waals surface area contributed by atoms with Gasteiger partial charge in [0.05, 0.1) is 0 Å². The average molecular weight is 430 g/mol. The van der Waals surface area contributed by atoms with Crippen LogP contribution in [0.1, 0.15) is 37.9 Å². The molecule has 0 bridgehead atoms. The van der Waals surface area contributed by atoms with E-state index >= 15 is 0 Å². The topological polar surface area (TPSA) is 71.5 Å². The zero-order chi connectivity index (χ0) is 22.7. The van der Waals surface area contributed by atoms with E-state index in [1.165, 1.54) is 0 Å². The summed E-state index contributed by atoms with van der Waals surface area (Å²) in [6, 6.07) is 18.3. The molecule has 0 saturated heterocycles. The van der Waals surface area contributed by atoms with Crippen molar-refractivity contribution in [1.82, 2.24) is 15.2 Å². The smallest absolute Gasteiger partial charge is 0.261 e. The Labute approximate surface area is 188 Å².